The molecule has 2 aromatic carbocycles. The van der Waals surface area contributed by atoms with Gasteiger partial charge in [0.15, 0.2) is 5.75 Å². The summed E-state index contributed by atoms with van der Waals surface area (Å²) >= 11 is 0. The van der Waals surface area contributed by atoms with Crippen molar-refractivity contribution in [2.45, 2.75) is 24.2 Å². The molecule has 1 N–H and O–H groups in total. The first-order chi connectivity index (χ1) is 12.1. The number of hydrogen-bond donors (Lipinski definition) is 1. The van der Waals surface area contributed by atoms with Crippen LogP contribution in [0.4, 0.5) is 5.69 Å². The quantitative estimate of drug-likeness (QED) is 0.894. The van der Waals surface area contributed by atoms with Gasteiger partial charge in [0.05, 0.1) is 16.1 Å². The number of para-hydroxylation sites is 2. The minimum Gasteiger partial charge on any atom is -0.454 e. The number of rotatable bonds is 2. The summed E-state index contributed by atoms with van der Waals surface area (Å²) in [7, 11) is -3.60. The normalized spacial score (nSPS) is 17.7. The number of ether oxygens (including phenoxy) is 1. The van der Waals surface area contributed by atoms with Gasteiger partial charge in [-0.25, -0.2) is 8.42 Å². The van der Waals surface area contributed by atoms with Gasteiger partial charge in [-0.1, -0.05) is 18.6 Å². The van der Waals surface area contributed by atoms with Crippen molar-refractivity contribution in [3.63, 3.8) is 0 Å². The minimum absolute atomic E-state index is 0.123. The molecule has 2 heterocycles. The van der Waals surface area contributed by atoms with Crippen molar-refractivity contribution < 1.29 is 17.9 Å². The fraction of sp³-hybridized carbons (Fsp3) is 0.278. The average Bonchev–Trinajstić information content (AvgIpc) is 2.78. The Bertz CT molecular complexity index is 934. The Balaban J connectivity index is 1.73. The summed E-state index contributed by atoms with van der Waals surface area (Å²) < 4.78 is 33.0. The van der Waals surface area contributed by atoms with Crippen molar-refractivity contribution in [3.8, 4) is 11.5 Å². The molecule has 6 nitrogen and oxygen atoms in total. The summed E-state index contributed by atoms with van der Waals surface area (Å²) in [4.78, 5) is 12.6. The van der Waals surface area contributed by atoms with E-state index in [-0.39, 0.29) is 16.4 Å². The summed E-state index contributed by atoms with van der Waals surface area (Å²) in [5, 5.41) is 2.76. The van der Waals surface area contributed by atoms with Gasteiger partial charge in [-0.3, -0.25) is 4.79 Å². The summed E-state index contributed by atoms with van der Waals surface area (Å²) in [5.41, 5.74) is 0.776. The molecule has 1 amide bonds. The van der Waals surface area contributed by atoms with Crippen LogP contribution in [0.1, 0.15) is 29.6 Å². The Morgan fingerprint density at radius 3 is 2.52 bits per heavy atom. The average molecular weight is 358 g/mol. The highest BCUT2D eigenvalue weighted by atomic mass is 32.2. The van der Waals surface area contributed by atoms with E-state index in [1.165, 1.54) is 16.4 Å². The van der Waals surface area contributed by atoms with Gasteiger partial charge in [-0.15, -0.1) is 0 Å². The maximum Gasteiger partial charge on any atom is 0.259 e. The third-order valence-corrected chi connectivity index (χ3v) is 6.40. The second-order valence-electron chi connectivity index (χ2n) is 6.18. The van der Waals surface area contributed by atoms with E-state index in [1.54, 1.807) is 24.3 Å². The second kappa shape index (κ2) is 6.16. The lowest BCUT2D eigenvalue weighted by Gasteiger charge is -2.26. The van der Waals surface area contributed by atoms with Crippen LogP contribution < -0.4 is 10.1 Å². The molecule has 4 rings (SSSR count). The number of fused-ring (bicyclic) bond motifs is 2. The molecular formula is C18H18N2O4S. The SMILES string of the molecule is O=C1Nc2ccccc2Oc2ccc(S(=O)(=O)N3CCCCC3)cc21. The van der Waals surface area contributed by atoms with E-state index in [0.717, 1.165) is 19.3 Å². The Hall–Kier alpha value is -2.38. The zero-order valence-electron chi connectivity index (χ0n) is 13.6. The first kappa shape index (κ1) is 16.1. The van der Waals surface area contributed by atoms with Crippen molar-refractivity contribution in [2.24, 2.45) is 0 Å². The number of nitrogens with zero attached hydrogens (tertiary/aromatic N) is 1. The highest BCUT2D eigenvalue weighted by Gasteiger charge is 2.29. The molecule has 0 atom stereocenters. The van der Waals surface area contributed by atoms with E-state index >= 15 is 0 Å². The lowest BCUT2D eigenvalue weighted by molar-refractivity contribution is 0.102. The van der Waals surface area contributed by atoms with E-state index in [0.29, 0.717) is 30.3 Å². The topological polar surface area (TPSA) is 75.7 Å². The molecule has 0 radical (unpaired) electrons. The maximum absolute atomic E-state index is 12.8. The van der Waals surface area contributed by atoms with Crippen LogP contribution >= 0.6 is 0 Å². The molecule has 2 aliphatic heterocycles. The van der Waals surface area contributed by atoms with Gasteiger partial charge < -0.3 is 10.1 Å². The molecule has 0 aromatic heterocycles. The van der Waals surface area contributed by atoms with Crippen LogP contribution in [0.25, 0.3) is 0 Å². The number of anilines is 1. The lowest BCUT2D eigenvalue weighted by atomic mass is 10.2. The third-order valence-electron chi connectivity index (χ3n) is 4.50. The molecule has 0 saturated carbocycles. The molecule has 7 heteroatoms. The smallest absolute Gasteiger partial charge is 0.259 e. The standard InChI is InChI=1S/C18H18N2O4S/c21-18-14-12-13(25(22,23)20-10-4-1-5-11-20)8-9-16(14)24-17-7-3-2-6-15(17)19-18/h2-3,6-9,12H,1,4-5,10-11H2,(H,19,21). The number of nitrogens with one attached hydrogen (secondary N) is 1. The van der Waals surface area contributed by atoms with Crippen molar-refractivity contribution in [3.05, 3.63) is 48.0 Å². The number of carbonyl (C=O) groups is 1. The molecule has 0 aliphatic carbocycles. The van der Waals surface area contributed by atoms with Gasteiger partial charge in [-0.2, -0.15) is 4.31 Å². The summed E-state index contributed by atoms with van der Waals surface area (Å²) in [6, 6.07) is 11.6. The highest BCUT2D eigenvalue weighted by molar-refractivity contribution is 7.89. The highest BCUT2D eigenvalue weighted by Crippen LogP contribution is 2.36. The van der Waals surface area contributed by atoms with Gasteiger partial charge in [0.2, 0.25) is 10.0 Å². The van der Waals surface area contributed by atoms with Crippen LogP contribution in [0.3, 0.4) is 0 Å². The number of amides is 1. The van der Waals surface area contributed by atoms with Gasteiger partial charge in [-0.05, 0) is 43.2 Å². The van der Waals surface area contributed by atoms with Gasteiger partial charge in [0.1, 0.15) is 5.75 Å². The van der Waals surface area contributed by atoms with Crippen molar-refractivity contribution in [2.75, 3.05) is 18.4 Å². The van der Waals surface area contributed by atoms with E-state index in [2.05, 4.69) is 5.32 Å². The van der Waals surface area contributed by atoms with Crippen LogP contribution in [0, 0.1) is 0 Å². The lowest BCUT2D eigenvalue weighted by Crippen LogP contribution is -2.35. The number of sulfonamides is 1. The Morgan fingerprint density at radius 2 is 1.72 bits per heavy atom. The number of piperidine rings is 1. The van der Waals surface area contributed by atoms with Crippen molar-refractivity contribution in [1.82, 2.24) is 4.31 Å². The van der Waals surface area contributed by atoms with Gasteiger partial charge in [0.25, 0.3) is 5.91 Å². The zero-order valence-corrected chi connectivity index (χ0v) is 14.4. The van der Waals surface area contributed by atoms with E-state index in [4.69, 9.17) is 4.74 Å². The molecule has 2 aliphatic rings. The third kappa shape index (κ3) is 2.89. The molecular weight excluding hydrogens is 340 g/mol. The van der Waals surface area contributed by atoms with Crippen LogP contribution in [-0.2, 0) is 10.0 Å². The first-order valence-corrected chi connectivity index (χ1v) is 9.72. The maximum atomic E-state index is 12.8. The van der Waals surface area contributed by atoms with E-state index < -0.39 is 10.0 Å². The number of benzene rings is 2. The van der Waals surface area contributed by atoms with Crippen LogP contribution in [0.15, 0.2) is 47.4 Å². The molecule has 2 aromatic rings. The fourth-order valence-corrected chi connectivity index (χ4v) is 4.70. The predicted molar refractivity (Wildman–Crippen MR) is 93.5 cm³/mol. The Kier molecular flexibility index (Phi) is 3.97. The fourth-order valence-electron chi connectivity index (χ4n) is 3.16. The first-order valence-electron chi connectivity index (χ1n) is 8.28. The molecule has 130 valence electrons. The molecule has 25 heavy (non-hydrogen) atoms. The summed E-state index contributed by atoms with van der Waals surface area (Å²) in [5.74, 6) is 0.497. The van der Waals surface area contributed by atoms with E-state index in [9.17, 15) is 13.2 Å². The molecule has 0 unspecified atom stereocenters. The molecule has 1 fully saturated rings. The summed E-state index contributed by atoms with van der Waals surface area (Å²) in [6.45, 7) is 1.04. The monoisotopic (exact) mass is 358 g/mol. The molecule has 0 bridgehead atoms. The van der Waals surface area contributed by atoms with E-state index in [1.807, 2.05) is 6.07 Å². The largest absolute Gasteiger partial charge is 0.454 e. The van der Waals surface area contributed by atoms with Crippen LogP contribution in [-0.4, -0.2) is 31.7 Å². The van der Waals surface area contributed by atoms with Crippen LogP contribution in [0.5, 0.6) is 11.5 Å². The molecule has 0 spiro atoms. The van der Waals surface area contributed by atoms with Crippen molar-refractivity contribution >= 4 is 21.6 Å². The number of carbonyl (C=O) groups excluding carboxylic acids is 1. The van der Waals surface area contributed by atoms with Crippen LogP contribution in [0.2, 0.25) is 0 Å². The van der Waals surface area contributed by atoms with Crippen molar-refractivity contribution in [1.29, 1.82) is 0 Å². The molecule has 1 saturated heterocycles. The Labute approximate surface area is 146 Å². The predicted octanol–water partition coefficient (Wildman–Crippen LogP) is 3.22. The number of hydrogen-bond acceptors (Lipinski definition) is 4. The summed E-state index contributed by atoms with van der Waals surface area (Å²) in [6.07, 6.45) is 2.77. The van der Waals surface area contributed by atoms with Gasteiger partial charge >= 0.3 is 0 Å². The Morgan fingerprint density at radius 1 is 0.960 bits per heavy atom. The minimum atomic E-state index is -3.60. The second-order valence-corrected chi connectivity index (χ2v) is 8.11. The zero-order chi connectivity index (χ0) is 17.4. The van der Waals surface area contributed by atoms with Gasteiger partial charge in [0, 0.05) is 13.1 Å².